The molecule has 2 aromatic rings. The second kappa shape index (κ2) is 12.7. The maximum Gasteiger partial charge on any atom is 0.324 e. The van der Waals surface area contributed by atoms with Crippen LogP contribution in [0.5, 0.6) is 5.75 Å². The standard InChI is InChI=1S/C21H29N3O3.C5H11N/c1-15(2)20-22-21(27-23-20)24-10-8-17(9-11-24)5-4-12-26-19-7-6-18(14-25)16(3)13-19;1-6-4-2-3-5-6/h6-7,13-15,17H,4-5,8-12H2,1-3H3;2-5H2,1H3. The molecular formula is C26H40N4O3. The van der Waals surface area contributed by atoms with Crippen molar-refractivity contribution in [2.24, 2.45) is 5.92 Å². The number of ether oxygens (including phenoxy) is 1. The molecule has 0 spiro atoms. The third-order valence-electron chi connectivity index (χ3n) is 6.56. The van der Waals surface area contributed by atoms with E-state index in [0.29, 0.717) is 18.5 Å². The Kier molecular flexibility index (Phi) is 9.73. The number of aldehydes is 1. The van der Waals surface area contributed by atoms with Gasteiger partial charge < -0.3 is 19.1 Å². The van der Waals surface area contributed by atoms with E-state index >= 15 is 0 Å². The third-order valence-corrected chi connectivity index (χ3v) is 6.56. The van der Waals surface area contributed by atoms with E-state index in [-0.39, 0.29) is 0 Å². The summed E-state index contributed by atoms with van der Waals surface area (Å²) in [7, 11) is 2.17. The molecule has 1 aromatic heterocycles. The lowest BCUT2D eigenvalue weighted by molar-refractivity contribution is 0.112. The van der Waals surface area contributed by atoms with Crippen molar-refractivity contribution in [1.82, 2.24) is 15.0 Å². The van der Waals surface area contributed by atoms with Gasteiger partial charge in [0.25, 0.3) is 0 Å². The summed E-state index contributed by atoms with van der Waals surface area (Å²) in [5.74, 6) is 2.63. The molecule has 182 valence electrons. The number of likely N-dealkylation sites (tertiary alicyclic amines) is 1. The van der Waals surface area contributed by atoms with Crippen molar-refractivity contribution in [2.75, 3.05) is 44.7 Å². The summed E-state index contributed by atoms with van der Waals surface area (Å²) in [4.78, 5) is 19.9. The minimum atomic E-state index is 0.290. The normalized spacial score (nSPS) is 17.2. The highest BCUT2D eigenvalue weighted by molar-refractivity contribution is 5.77. The van der Waals surface area contributed by atoms with Crippen LogP contribution in [-0.4, -0.2) is 61.2 Å². The molecule has 7 nitrogen and oxygen atoms in total. The summed E-state index contributed by atoms with van der Waals surface area (Å²) in [6.07, 6.45) is 8.20. The van der Waals surface area contributed by atoms with E-state index in [0.717, 1.165) is 67.3 Å². The van der Waals surface area contributed by atoms with Gasteiger partial charge in [-0.3, -0.25) is 4.79 Å². The van der Waals surface area contributed by atoms with Crippen LogP contribution in [-0.2, 0) is 0 Å². The molecule has 7 heteroatoms. The summed E-state index contributed by atoms with van der Waals surface area (Å²) < 4.78 is 11.2. The second-order valence-electron chi connectivity index (χ2n) is 9.66. The van der Waals surface area contributed by atoms with Gasteiger partial charge in [0, 0.05) is 24.6 Å². The lowest BCUT2D eigenvalue weighted by Crippen LogP contribution is -2.34. The number of piperidine rings is 1. The van der Waals surface area contributed by atoms with E-state index in [1.807, 2.05) is 25.1 Å². The van der Waals surface area contributed by atoms with Crippen molar-refractivity contribution < 1.29 is 14.1 Å². The van der Waals surface area contributed by atoms with Crippen molar-refractivity contribution in [3.05, 3.63) is 35.2 Å². The van der Waals surface area contributed by atoms with Gasteiger partial charge >= 0.3 is 6.01 Å². The monoisotopic (exact) mass is 456 g/mol. The fraction of sp³-hybridized carbons (Fsp3) is 0.654. The second-order valence-corrected chi connectivity index (χ2v) is 9.66. The number of benzene rings is 1. The highest BCUT2D eigenvalue weighted by Crippen LogP contribution is 2.26. The van der Waals surface area contributed by atoms with Crippen molar-refractivity contribution in [2.45, 2.75) is 65.2 Å². The SMILES string of the molecule is CN1CCCC1.Cc1cc(OCCCC2CCN(c3nc(C(C)C)no3)CC2)ccc1C=O. The molecule has 3 heterocycles. The molecule has 0 N–H and O–H groups in total. The van der Waals surface area contributed by atoms with Gasteiger partial charge in [-0.05, 0) is 95.3 Å². The Labute approximate surface area is 198 Å². The summed E-state index contributed by atoms with van der Waals surface area (Å²) in [6.45, 7) is 11.4. The first kappa shape index (κ1) is 25.2. The quantitative estimate of drug-likeness (QED) is 0.404. The van der Waals surface area contributed by atoms with E-state index in [1.165, 1.54) is 32.4 Å². The molecule has 0 radical (unpaired) electrons. The number of carbonyl (C=O) groups is 1. The van der Waals surface area contributed by atoms with Crippen molar-refractivity contribution in [3.8, 4) is 5.75 Å². The van der Waals surface area contributed by atoms with Gasteiger partial charge in [0.1, 0.15) is 12.0 Å². The Morgan fingerprint density at radius 3 is 2.45 bits per heavy atom. The van der Waals surface area contributed by atoms with Crippen LogP contribution in [0.15, 0.2) is 22.7 Å². The number of rotatable bonds is 8. The van der Waals surface area contributed by atoms with Gasteiger partial charge in [0.05, 0.1) is 6.61 Å². The average Bonchev–Trinajstić information content (AvgIpc) is 3.50. The third kappa shape index (κ3) is 7.84. The first-order valence-corrected chi connectivity index (χ1v) is 12.4. The van der Waals surface area contributed by atoms with E-state index in [4.69, 9.17) is 9.26 Å². The number of hydrogen-bond acceptors (Lipinski definition) is 7. The van der Waals surface area contributed by atoms with E-state index in [9.17, 15) is 4.79 Å². The fourth-order valence-corrected chi connectivity index (χ4v) is 4.31. The molecule has 0 aliphatic carbocycles. The summed E-state index contributed by atoms with van der Waals surface area (Å²) in [5.41, 5.74) is 1.67. The fourth-order valence-electron chi connectivity index (χ4n) is 4.31. The molecule has 0 bridgehead atoms. The Hall–Kier alpha value is -2.41. The van der Waals surface area contributed by atoms with Gasteiger partial charge in [-0.2, -0.15) is 4.98 Å². The van der Waals surface area contributed by atoms with E-state index < -0.39 is 0 Å². The summed E-state index contributed by atoms with van der Waals surface area (Å²) in [5, 5.41) is 4.05. The van der Waals surface area contributed by atoms with Crippen molar-refractivity contribution >= 4 is 12.3 Å². The van der Waals surface area contributed by atoms with Gasteiger partial charge in [-0.15, -0.1) is 0 Å². The molecule has 2 fully saturated rings. The van der Waals surface area contributed by atoms with E-state index in [2.05, 4.69) is 40.8 Å². The molecule has 33 heavy (non-hydrogen) atoms. The predicted octanol–water partition coefficient (Wildman–Crippen LogP) is 5.10. The highest BCUT2D eigenvalue weighted by Gasteiger charge is 2.23. The number of aryl methyl sites for hydroxylation is 1. The van der Waals surface area contributed by atoms with Gasteiger partial charge in [-0.25, -0.2) is 0 Å². The molecule has 0 saturated carbocycles. The zero-order valence-electron chi connectivity index (χ0n) is 20.8. The van der Waals surface area contributed by atoms with Crippen LogP contribution in [0.2, 0.25) is 0 Å². The minimum Gasteiger partial charge on any atom is -0.494 e. The molecule has 4 rings (SSSR count). The zero-order valence-corrected chi connectivity index (χ0v) is 20.8. The van der Waals surface area contributed by atoms with Gasteiger partial charge in [-0.1, -0.05) is 19.0 Å². The topological polar surface area (TPSA) is 71.7 Å². The first-order chi connectivity index (χ1) is 16.0. The largest absolute Gasteiger partial charge is 0.494 e. The molecule has 0 amide bonds. The Morgan fingerprint density at radius 1 is 1.18 bits per heavy atom. The minimum absolute atomic E-state index is 0.290. The average molecular weight is 457 g/mol. The maximum atomic E-state index is 10.9. The Morgan fingerprint density at radius 2 is 1.91 bits per heavy atom. The molecule has 2 aliphatic rings. The summed E-state index contributed by atoms with van der Waals surface area (Å²) >= 11 is 0. The maximum absolute atomic E-state index is 10.9. The van der Waals surface area contributed by atoms with Gasteiger partial charge in [0.2, 0.25) is 0 Å². The molecule has 2 aliphatic heterocycles. The summed E-state index contributed by atoms with van der Waals surface area (Å²) in [6, 6.07) is 6.27. The number of hydrogen-bond donors (Lipinski definition) is 0. The van der Waals surface area contributed by atoms with Crippen molar-refractivity contribution in [1.29, 1.82) is 0 Å². The lowest BCUT2D eigenvalue weighted by Gasteiger charge is -2.30. The van der Waals surface area contributed by atoms with Gasteiger partial charge in [0.15, 0.2) is 5.82 Å². The van der Waals surface area contributed by atoms with Crippen LogP contribution in [0, 0.1) is 12.8 Å². The van der Waals surface area contributed by atoms with Crippen molar-refractivity contribution in [3.63, 3.8) is 0 Å². The molecule has 0 unspecified atom stereocenters. The predicted molar refractivity (Wildman–Crippen MR) is 131 cm³/mol. The van der Waals surface area contributed by atoms with Crippen LogP contribution in [0.3, 0.4) is 0 Å². The number of anilines is 1. The van der Waals surface area contributed by atoms with Crippen LogP contribution in [0.1, 0.15) is 80.0 Å². The first-order valence-electron chi connectivity index (χ1n) is 12.4. The molecule has 0 atom stereocenters. The lowest BCUT2D eigenvalue weighted by atomic mass is 9.92. The molecule has 1 aromatic carbocycles. The van der Waals surface area contributed by atoms with Crippen LogP contribution >= 0.6 is 0 Å². The number of nitrogens with zero attached hydrogens (tertiary/aromatic N) is 4. The van der Waals surface area contributed by atoms with Crippen LogP contribution in [0.4, 0.5) is 6.01 Å². The van der Waals surface area contributed by atoms with E-state index in [1.54, 1.807) is 0 Å². The number of aromatic nitrogens is 2. The zero-order chi connectivity index (χ0) is 23.6. The number of carbonyl (C=O) groups excluding carboxylic acids is 1. The van der Waals surface area contributed by atoms with Crippen LogP contribution in [0.25, 0.3) is 0 Å². The highest BCUT2D eigenvalue weighted by atomic mass is 16.5. The Bertz CT molecular complexity index is 853. The Balaban J connectivity index is 0.000000442. The molecular weight excluding hydrogens is 416 g/mol. The smallest absolute Gasteiger partial charge is 0.324 e. The molecule has 2 saturated heterocycles. The van der Waals surface area contributed by atoms with Crippen LogP contribution < -0.4 is 9.64 Å².